The van der Waals surface area contributed by atoms with Crippen LogP contribution in [0.1, 0.15) is 78.6 Å². The molecule has 5 fully saturated rings. The van der Waals surface area contributed by atoms with Crippen LogP contribution < -0.4 is 17.0 Å². The van der Waals surface area contributed by atoms with E-state index in [9.17, 15) is 19.5 Å². The highest BCUT2D eigenvalue weighted by Crippen LogP contribution is 2.67. The molecule has 0 radical (unpaired) electrons. The monoisotopic (exact) mass is 638 g/mol. The lowest BCUT2D eigenvalue weighted by molar-refractivity contribution is -0.937. The van der Waals surface area contributed by atoms with Gasteiger partial charge in [-0.05, 0) is 73.7 Å². The van der Waals surface area contributed by atoms with E-state index >= 15 is 0 Å². The SMILES string of the molecule is C=CC[N+]1([C@H]2C[C@H]3[C@@H]4CC[C@H]5C[C@H](O)[C@@H](N(C=O)CCOC=O)C[C@]5(C)[C@H]4CC[C@]3(C)[C@H]2OC(C)=O)CCCC1.[Br-]. The largest absolute Gasteiger partial charge is 1.00 e. The van der Waals surface area contributed by atoms with Gasteiger partial charge in [-0.2, -0.15) is 0 Å². The van der Waals surface area contributed by atoms with E-state index in [-0.39, 0.29) is 52.5 Å². The summed E-state index contributed by atoms with van der Waals surface area (Å²) >= 11 is 0. The van der Waals surface area contributed by atoms with E-state index in [0.29, 0.717) is 49.2 Å². The molecule has 0 bridgehead atoms. The standard InChI is InChI=1S/C32H51N2O6.BrH/c1-5-13-34(14-6-7-15-34)28-18-26-24-9-8-23-17-29(38)27(33(20-35)12-16-39-21-36)19-32(23,4)25(24)10-11-31(26,3)30(28)40-22(2)37;/h5,20-21,23-30,38H,1,6-19H2,2-4H3;1H/q+1;/p-1/t23-,24+,25-,26-,27-,28-,29-,30-,31-,32-;/m0./s1. The summed E-state index contributed by atoms with van der Waals surface area (Å²) < 4.78 is 12.2. The van der Waals surface area contributed by atoms with Gasteiger partial charge in [0.15, 0.2) is 6.10 Å². The molecule has 5 aliphatic rings. The average molecular weight is 640 g/mol. The normalized spacial score (nSPS) is 42.4. The van der Waals surface area contributed by atoms with E-state index in [0.717, 1.165) is 69.1 Å². The van der Waals surface area contributed by atoms with Crippen molar-refractivity contribution < 1.29 is 50.4 Å². The minimum absolute atomic E-state index is 0. The van der Waals surface area contributed by atoms with Crippen molar-refractivity contribution in [2.45, 2.75) is 103 Å². The van der Waals surface area contributed by atoms with Gasteiger partial charge in [-0.3, -0.25) is 14.4 Å². The molecule has 9 heteroatoms. The van der Waals surface area contributed by atoms with Gasteiger partial charge in [-0.15, -0.1) is 0 Å². The van der Waals surface area contributed by atoms with Crippen molar-refractivity contribution in [2.24, 2.45) is 34.5 Å². The molecular formula is C32H51BrN2O6. The minimum atomic E-state index is -0.562. The highest BCUT2D eigenvalue weighted by atomic mass is 79.9. The molecule has 4 saturated carbocycles. The first-order valence-corrected chi connectivity index (χ1v) is 15.7. The van der Waals surface area contributed by atoms with Gasteiger partial charge < -0.3 is 40.9 Å². The van der Waals surface area contributed by atoms with Crippen LogP contribution in [-0.2, 0) is 23.9 Å². The molecule has 5 rings (SSSR count). The topological polar surface area (TPSA) is 93.1 Å². The van der Waals surface area contributed by atoms with Crippen LogP contribution in [0.5, 0.6) is 0 Å². The lowest BCUT2D eigenvalue weighted by atomic mass is 9.44. The Morgan fingerprint density at radius 1 is 1.10 bits per heavy atom. The number of halogens is 1. The van der Waals surface area contributed by atoms with Gasteiger partial charge in [0, 0.05) is 31.6 Å². The molecule has 232 valence electrons. The summed E-state index contributed by atoms with van der Waals surface area (Å²) in [4.78, 5) is 36.9. The number of aliphatic hydroxyl groups excluding tert-OH is 1. The molecule has 1 amide bonds. The smallest absolute Gasteiger partial charge is 0.303 e. The highest BCUT2D eigenvalue weighted by Gasteiger charge is 2.67. The number of hydrogen-bond donors (Lipinski definition) is 1. The molecule has 0 spiro atoms. The average Bonchev–Trinajstić information content (AvgIpc) is 3.50. The van der Waals surface area contributed by atoms with Gasteiger partial charge in [0.2, 0.25) is 6.41 Å². The number of rotatable bonds is 10. The number of nitrogens with zero attached hydrogens (tertiary/aromatic N) is 2. The second kappa shape index (κ2) is 12.7. The van der Waals surface area contributed by atoms with Crippen molar-refractivity contribution in [3.8, 4) is 0 Å². The van der Waals surface area contributed by atoms with Crippen LogP contribution in [0, 0.1) is 34.5 Å². The Morgan fingerprint density at radius 2 is 1.83 bits per heavy atom. The number of amides is 1. The van der Waals surface area contributed by atoms with Crippen molar-refractivity contribution in [2.75, 3.05) is 32.8 Å². The van der Waals surface area contributed by atoms with Crippen molar-refractivity contribution >= 4 is 18.9 Å². The molecule has 10 atom stereocenters. The van der Waals surface area contributed by atoms with Crippen LogP contribution in [0.15, 0.2) is 12.7 Å². The summed E-state index contributed by atoms with van der Waals surface area (Å²) in [6, 6.07) is 0.0465. The van der Waals surface area contributed by atoms with E-state index in [1.54, 1.807) is 11.8 Å². The summed E-state index contributed by atoms with van der Waals surface area (Å²) in [5, 5.41) is 11.2. The van der Waals surface area contributed by atoms with Gasteiger partial charge >= 0.3 is 5.97 Å². The minimum Gasteiger partial charge on any atom is -1.00 e. The van der Waals surface area contributed by atoms with Crippen LogP contribution in [0.2, 0.25) is 0 Å². The summed E-state index contributed by atoms with van der Waals surface area (Å²) in [6.07, 6.45) is 11.7. The molecule has 1 heterocycles. The molecule has 1 saturated heterocycles. The first-order chi connectivity index (χ1) is 19.1. The van der Waals surface area contributed by atoms with Crippen LogP contribution in [0.3, 0.4) is 0 Å². The number of carbonyl (C=O) groups excluding carboxylic acids is 3. The molecule has 1 aliphatic heterocycles. The maximum absolute atomic E-state index is 12.5. The summed E-state index contributed by atoms with van der Waals surface area (Å²) in [5.74, 6) is 1.83. The Kier molecular flexibility index (Phi) is 10.0. The van der Waals surface area contributed by atoms with E-state index in [1.165, 1.54) is 12.8 Å². The molecule has 4 aliphatic carbocycles. The number of carbonyl (C=O) groups is 3. The first-order valence-electron chi connectivity index (χ1n) is 15.7. The zero-order valence-electron chi connectivity index (χ0n) is 25.2. The van der Waals surface area contributed by atoms with Crippen molar-refractivity contribution in [1.82, 2.24) is 4.90 Å². The van der Waals surface area contributed by atoms with Crippen LogP contribution in [0.4, 0.5) is 0 Å². The molecule has 8 nitrogen and oxygen atoms in total. The maximum Gasteiger partial charge on any atom is 0.303 e. The maximum atomic E-state index is 12.5. The Bertz CT molecular complexity index is 974. The van der Waals surface area contributed by atoms with Crippen molar-refractivity contribution in [1.29, 1.82) is 0 Å². The molecule has 41 heavy (non-hydrogen) atoms. The second-order valence-electron chi connectivity index (χ2n) is 14.3. The Balaban J connectivity index is 0.00000387. The molecule has 1 N–H and O–H groups in total. The quantitative estimate of drug-likeness (QED) is 0.125. The lowest BCUT2D eigenvalue weighted by Gasteiger charge is -2.62. The predicted molar refractivity (Wildman–Crippen MR) is 151 cm³/mol. The summed E-state index contributed by atoms with van der Waals surface area (Å²) in [6.45, 7) is 14.6. The van der Waals surface area contributed by atoms with Gasteiger partial charge in [0.05, 0.1) is 38.3 Å². The number of ether oxygens (including phenoxy) is 2. The summed E-state index contributed by atoms with van der Waals surface area (Å²) in [7, 11) is 0. The van der Waals surface area contributed by atoms with Gasteiger partial charge in [0.1, 0.15) is 12.6 Å². The number of fused-ring (bicyclic) bond motifs is 5. The highest BCUT2D eigenvalue weighted by molar-refractivity contribution is 5.66. The fourth-order valence-electron chi connectivity index (χ4n) is 10.9. The number of esters is 1. The fourth-order valence-corrected chi connectivity index (χ4v) is 10.9. The van der Waals surface area contributed by atoms with Crippen LogP contribution in [-0.4, -0.2) is 90.4 Å². The zero-order chi connectivity index (χ0) is 28.7. The Hall–Kier alpha value is -1.45. The molecule has 0 aromatic rings. The number of quaternary nitrogens is 1. The third-order valence-electron chi connectivity index (χ3n) is 12.7. The zero-order valence-corrected chi connectivity index (χ0v) is 26.8. The lowest BCUT2D eigenvalue weighted by Crippen LogP contribution is -3.00. The van der Waals surface area contributed by atoms with E-state index < -0.39 is 6.10 Å². The predicted octanol–water partition coefficient (Wildman–Crippen LogP) is 0.711. The molecular weight excluding hydrogens is 588 g/mol. The van der Waals surface area contributed by atoms with E-state index in [1.807, 2.05) is 0 Å². The number of likely N-dealkylation sites (tertiary alicyclic amines) is 1. The fraction of sp³-hybridized carbons (Fsp3) is 0.844. The van der Waals surface area contributed by atoms with E-state index in [4.69, 9.17) is 9.47 Å². The Labute approximate surface area is 256 Å². The van der Waals surface area contributed by atoms with Gasteiger partial charge in [-0.25, -0.2) is 0 Å². The van der Waals surface area contributed by atoms with Crippen LogP contribution in [0.25, 0.3) is 0 Å². The van der Waals surface area contributed by atoms with Crippen molar-refractivity contribution in [3.63, 3.8) is 0 Å². The third kappa shape index (κ3) is 5.52. The third-order valence-corrected chi connectivity index (χ3v) is 12.7. The number of aliphatic hydroxyl groups is 1. The van der Waals surface area contributed by atoms with Crippen LogP contribution >= 0.6 is 0 Å². The van der Waals surface area contributed by atoms with Crippen molar-refractivity contribution in [3.05, 3.63) is 12.7 Å². The van der Waals surface area contributed by atoms with E-state index in [2.05, 4.69) is 26.5 Å². The van der Waals surface area contributed by atoms with Gasteiger partial charge in [-0.1, -0.05) is 20.4 Å². The molecule has 0 aromatic carbocycles. The van der Waals surface area contributed by atoms with Gasteiger partial charge in [0.25, 0.3) is 6.47 Å². The first kappa shape index (κ1) is 32.5. The molecule has 0 aromatic heterocycles. The Morgan fingerprint density at radius 3 is 2.46 bits per heavy atom. The molecule has 0 unspecified atom stereocenters. The second-order valence-corrected chi connectivity index (χ2v) is 14.3. The number of hydrogen-bond acceptors (Lipinski definition) is 6. The summed E-state index contributed by atoms with van der Waals surface area (Å²) in [5.41, 5.74) is -0.0127.